The maximum Gasteiger partial charge on any atom is 0.338 e. The molecule has 3 saturated heterocycles. The fraction of sp³-hybridized carbons (Fsp3) is 0.796. The first kappa shape index (κ1) is 57.8. The molecule has 0 spiro atoms. The van der Waals surface area contributed by atoms with Crippen molar-refractivity contribution in [2.75, 3.05) is 34.0 Å². The summed E-state index contributed by atoms with van der Waals surface area (Å²) in [6, 6.07) is 4.16. The van der Waals surface area contributed by atoms with Crippen LogP contribution in [0.5, 0.6) is 11.5 Å². The van der Waals surface area contributed by atoms with Crippen LogP contribution < -0.4 is 9.47 Å². The molecular weight excluding hydrogens is 985 g/mol. The molecule has 8 N–H and O–H groups in total. The molecule has 6 fully saturated rings. The van der Waals surface area contributed by atoms with Gasteiger partial charge in [0.25, 0.3) is 0 Å². The van der Waals surface area contributed by atoms with E-state index < -0.39 is 135 Å². The van der Waals surface area contributed by atoms with Crippen LogP contribution in [0.1, 0.15) is 110 Å². The van der Waals surface area contributed by atoms with Crippen LogP contribution in [-0.4, -0.2) is 190 Å². The van der Waals surface area contributed by atoms with Gasteiger partial charge in [0.15, 0.2) is 42.6 Å². The number of aliphatic hydroxyl groups is 8. The number of hydrogen-bond donors (Lipinski definition) is 8. The van der Waals surface area contributed by atoms with Crippen LogP contribution >= 0.6 is 0 Å². The van der Waals surface area contributed by atoms with Crippen LogP contribution in [-0.2, 0) is 47.5 Å². The predicted molar refractivity (Wildman–Crippen MR) is 260 cm³/mol. The molecule has 1 aromatic carbocycles. The SMILES string of the molecule is COc1ccc(C(=O)O[C@H]2[C@H](O[C@@H]3[C@@H](OC(C)=O)[C@H](O[C@H]4C[C@H]5[C@@H]6CC=C7C[C@@H](O)CC[C@]7(C)[C@H]6CC[C@]5(C)[C@@]4(O)[C@@H](C)C(=O)CCC(C)C)OC[C@@H]3O)OC[C@@H](O[C@@H]3O[C@H](CO)[C@@H](O)[C@H](O)[C@H]3O)[C@@H]2O)cc1OC. The molecule has 3 heterocycles. The predicted octanol–water partition coefficient (Wildman–Crippen LogP) is 1.86. The molecule has 4 aliphatic carbocycles. The lowest BCUT2D eigenvalue weighted by Gasteiger charge is -2.59. The van der Waals surface area contributed by atoms with E-state index in [2.05, 4.69) is 19.9 Å². The number of allylic oxidation sites excluding steroid dienone is 1. The minimum atomic E-state index is -1.88. The molecule has 1 aromatic rings. The molecule has 0 unspecified atom stereocenters. The Morgan fingerprint density at radius 1 is 0.787 bits per heavy atom. The van der Waals surface area contributed by atoms with E-state index in [0.29, 0.717) is 37.9 Å². The van der Waals surface area contributed by atoms with Crippen molar-refractivity contribution in [2.24, 2.45) is 40.4 Å². The molecule has 7 aliphatic rings. The fourth-order valence-electron chi connectivity index (χ4n) is 13.8. The largest absolute Gasteiger partial charge is 0.493 e. The zero-order chi connectivity index (χ0) is 54.5. The van der Waals surface area contributed by atoms with E-state index in [4.69, 9.17) is 47.4 Å². The van der Waals surface area contributed by atoms with Gasteiger partial charge in [-0.15, -0.1) is 0 Å². The number of carbonyl (C=O) groups excluding carboxylic acids is 3. The van der Waals surface area contributed by atoms with Crippen molar-refractivity contribution in [3.63, 3.8) is 0 Å². The molecule has 75 heavy (non-hydrogen) atoms. The number of hydrogen-bond acceptors (Lipinski definition) is 21. The van der Waals surface area contributed by atoms with E-state index in [1.54, 1.807) is 6.92 Å². The van der Waals surface area contributed by atoms with Gasteiger partial charge in [0.1, 0.15) is 60.2 Å². The minimum Gasteiger partial charge on any atom is -0.493 e. The Bertz CT molecular complexity index is 2210. The van der Waals surface area contributed by atoms with Crippen molar-refractivity contribution < 1.29 is 103 Å². The molecule has 0 amide bonds. The van der Waals surface area contributed by atoms with Crippen molar-refractivity contribution in [3.05, 3.63) is 35.4 Å². The summed E-state index contributed by atoms with van der Waals surface area (Å²) in [5, 5.41) is 89.5. The van der Waals surface area contributed by atoms with Crippen molar-refractivity contribution in [1.82, 2.24) is 0 Å². The fourth-order valence-corrected chi connectivity index (χ4v) is 13.8. The van der Waals surface area contributed by atoms with E-state index in [9.17, 15) is 55.2 Å². The third-order valence-corrected chi connectivity index (χ3v) is 18.2. The molecular formula is C54H80O21. The molecule has 422 valence electrons. The van der Waals surface area contributed by atoms with Crippen LogP contribution in [0.3, 0.4) is 0 Å². The lowest BCUT2D eigenvalue weighted by molar-refractivity contribution is -0.362. The Balaban J connectivity index is 1.10. The Morgan fingerprint density at radius 3 is 2.17 bits per heavy atom. The zero-order valence-electron chi connectivity index (χ0n) is 44.2. The summed E-state index contributed by atoms with van der Waals surface area (Å²) < 4.78 is 59.6. The van der Waals surface area contributed by atoms with Gasteiger partial charge >= 0.3 is 11.9 Å². The quantitative estimate of drug-likeness (QED) is 0.0816. The number of carbonyl (C=O) groups is 3. The highest BCUT2D eigenvalue weighted by molar-refractivity contribution is 5.90. The van der Waals surface area contributed by atoms with Gasteiger partial charge in [-0.2, -0.15) is 0 Å². The highest BCUT2D eigenvalue weighted by atomic mass is 16.8. The number of ketones is 1. The molecule has 3 aliphatic heterocycles. The molecule has 21 heteroatoms. The van der Waals surface area contributed by atoms with E-state index in [1.807, 2.05) is 13.8 Å². The normalized spacial score (nSPS) is 43.1. The van der Waals surface area contributed by atoms with Gasteiger partial charge in [0.2, 0.25) is 0 Å². The lowest BCUT2D eigenvalue weighted by Crippen LogP contribution is -2.65. The number of benzene rings is 1. The van der Waals surface area contributed by atoms with Gasteiger partial charge < -0.3 is 88.2 Å². The van der Waals surface area contributed by atoms with E-state index in [-0.39, 0.29) is 58.7 Å². The number of fused-ring (bicyclic) bond motifs is 5. The Labute approximate surface area is 437 Å². The number of methoxy groups -OCH3 is 2. The van der Waals surface area contributed by atoms with Gasteiger partial charge in [-0.1, -0.05) is 46.3 Å². The monoisotopic (exact) mass is 1060 g/mol. The van der Waals surface area contributed by atoms with E-state index in [0.717, 1.165) is 26.2 Å². The van der Waals surface area contributed by atoms with Crippen LogP contribution in [0.4, 0.5) is 0 Å². The summed E-state index contributed by atoms with van der Waals surface area (Å²) in [5.74, 6) is -1.92. The van der Waals surface area contributed by atoms with Crippen molar-refractivity contribution in [2.45, 2.75) is 197 Å². The average molecular weight is 1070 g/mol. The van der Waals surface area contributed by atoms with Gasteiger partial charge in [-0.05, 0) is 98.7 Å². The maximum atomic E-state index is 14.3. The first-order valence-electron chi connectivity index (χ1n) is 26.6. The summed E-state index contributed by atoms with van der Waals surface area (Å²) in [6.45, 7) is 9.53. The number of esters is 2. The van der Waals surface area contributed by atoms with Crippen molar-refractivity contribution in [3.8, 4) is 11.5 Å². The third kappa shape index (κ3) is 10.9. The highest BCUT2D eigenvalue weighted by Crippen LogP contribution is 2.69. The topological polar surface area (TPSA) is 305 Å². The second-order valence-electron chi connectivity index (χ2n) is 22.9. The second-order valence-corrected chi connectivity index (χ2v) is 22.9. The first-order chi connectivity index (χ1) is 35.5. The third-order valence-electron chi connectivity index (χ3n) is 18.2. The number of Topliss-reactive ketones (excluding diaryl/α,β-unsaturated/α-hetero) is 1. The van der Waals surface area contributed by atoms with Gasteiger partial charge in [0.05, 0.1) is 51.8 Å². The Kier molecular flexibility index (Phi) is 17.8. The van der Waals surface area contributed by atoms with E-state index >= 15 is 0 Å². The van der Waals surface area contributed by atoms with Crippen molar-refractivity contribution in [1.29, 1.82) is 0 Å². The van der Waals surface area contributed by atoms with Gasteiger partial charge in [0, 0.05) is 24.7 Å². The minimum absolute atomic E-state index is 0.0641. The molecule has 22 atom stereocenters. The summed E-state index contributed by atoms with van der Waals surface area (Å²) in [6.07, 6.45) is -15.4. The lowest BCUT2D eigenvalue weighted by atomic mass is 9.46. The van der Waals surface area contributed by atoms with E-state index in [1.165, 1.54) is 38.0 Å². The van der Waals surface area contributed by atoms with Gasteiger partial charge in [-0.3, -0.25) is 9.59 Å². The number of ether oxygens (including phenoxy) is 10. The van der Waals surface area contributed by atoms with Gasteiger partial charge in [-0.25, -0.2) is 4.79 Å². The summed E-state index contributed by atoms with van der Waals surface area (Å²) in [7, 11) is 2.77. The molecule has 3 saturated carbocycles. The molecule has 0 radical (unpaired) electrons. The van der Waals surface area contributed by atoms with Crippen LogP contribution in [0.25, 0.3) is 0 Å². The number of aliphatic hydroxyl groups excluding tert-OH is 7. The summed E-state index contributed by atoms with van der Waals surface area (Å²) in [5.41, 5.74) is -1.50. The van der Waals surface area contributed by atoms with Crippen LogP contribution in [0, 0.1) is 40.4 Å². The Hall–Kier alpha value is -3.39. The number of rotatable bonds is 17. The standard InChI is InChI=1S/C54H80O21/c1-25(2)9-13-34(58)26(3)54(65)40(21-33-31-12-11-29-20-30(57)15-17-52(29,5)32(31)16-18-53(33,54)6)73-51-47(70-27(4)56)45(35(59)23-68-51)75-50-46(74-48(64)28-10-14-36(66-7)37(19-28)67-8)42(61)39(24-69-50)72-49-44(63)43(62)41(60)38(22-55)71-49/h10-11,14,19,25-26,30-33,35,38-47,49-51,55,57,59-63,65H,9,12-13,15-18,20-24H2,1-8H3/t26-,30-,31+,32-,33-,35-,38+,39+,40-,41+,42-,43-,44+,45-,46+,47+,49-,50-,51-,52-,53-,54+/m0/s1. The molecule has 21 nitrogen and oxygen atoms in total. The zero-order valence-corrected chi connectivity index (χ0v) is 44.2. The summed E-state index contributed by atoms with van der Waals surface area (Å²) in [4.78, 5) is 41.4. The average Bonchev–Trinajstić information content (AvgIpc) is 3.70. The van der Waals surface area contributed by atoms with Crippen LogP contribution in [0.2, 0.25) is 0 Å². The first-order valence-corrected chi connectivity index (χ1v) is 26.6. The molecule has 0 bridgehead atoms. The Morgan fingerprint density at radius 2 is 1.49 bits per heavy atom. The molecule has 8 rings (SSSR count). The van der Waals surface area contributed by atoms with Crippen molar-refractivity contribution >= 4 is 17.7 Å². The summed E-state index contributed by atoms with van der Waals surface area (Å²) >= 11 is 0. The molecule has 0 aromatic heterocycles. The maximum absolute atomic E-state index is 14.3. The second kappa shape index (κ2) is 23.1. The smallest absolute Gasteiger partial charge is 0.338 e. The van der Waals surface area contributed by atoms with Crippen LogP contribution in [0.15, 0.2) is 29.8 Å². The highest BCUT2D eigenvalue weighted by Gasteiger charge is 2.71.